The molecule has 0 heterocycles. The predicted molar refractivity (Wildman–Crippen MR) is 325 cm³/mol. The molecule has 0 aromatic rings. The van der Waals surface area contributed by atoms with Crippen LogP contribution in [0.25, 0.3) is 0 Å². The van der Waals surface area contributed by atoms with Crippen LogP contribution in [-0.2, 0) is 28.6 Å². The summed E-state index contributed by atoms with van der Waals surface area (Å²) in [6, 6.07) is 0. The Morgan fingerprint density at radius 1 is 0.280 bits per heavy atom. The largest absolute Gasteiger partial charge is 0.462 e. The summed E-state index contributed by atoms with van der Waals surface area (Å²) < 4.78 is 16.8. The third-order valence-corrected chi connectivity index (χ3v) is 13.6. The van der Waals surface area contributed by atoms with Crippen molar-refractivity contribution in [3.8, 4) is 0 Å². The first-order valence-corrected chi connectivity index (χ1v) is 31.7. The molecule has 0 saturated carbocycles. The molecule has 0 N–H and O–H groups in total. The molecule has 0 bridgehead atoms. The highest BCUT2D eigenvalue weighted by Gasteiger charge is 2.19. The maximum atomic E-state index is 12.8. The summed E-state index contributed by atoms with van der Waals surface area (Å²) in [6.45, 7) is 6.48. The third-order valence-electron chi connectivity index (χ3n) is 13.6. The van der Waals surface area contributed by atoms with Crippen molar-refractivity contribution in [3.63, 3.8) is 0 Å². The number of unbranched alkanes of at least 4 members (excludes halogenated alkanes) is 30. The number of hydrogen-bond acceptors (Lipinski definition) is 6. The van der Waals surface area contributed by atoms with Crippen LogP contribution in [0.1, 0.15) is 303 Å². The predicted octanol–water partition coefficient (Wildman–Crippen LogP) is 21.7. The van der Waals surface area contributed by atoms with Crippen LogP contribution >= 0.6 is 0 Å². The van der Waals surface area contributed by atoms with Gasteiger partial charge in [0.1, 0.15) is 13.2 Å². The van der Waals surface area contributed by atoms with Crippen LogP contribution in [0.5, 0.6) is 0 Å². The Morgan fingerprint density at radius 2 is 0.520 bits per heavy atom. The quantitative estimate of drug-likeness (QED) is 0.0261. The lowest BCUT2D eigenvalue weighted by Gasteiger charge is -2.18. The minimum absolute atomic E-state index is 0.0795. The molecule has 0 aromatic carbocycles. The Kier molecular flexibility index (Phi) is 59.8. The molecule has 0 aliphatic rings. The van der Waals surface area contributed by atoms with Crippen LogP contribution < -0.4 is 0 Å². The van der Waals surface area contributed by atoms with Gasteiger partial charge in [-0.3, -0.25) is 14.4 Å². The van der Waals surface area contributed by atoms with Crippen molar-refractivity contribution in [1.82, 2.24) is 0 Å². The smallest absolute Gasteiger partial charge is 0.306 e. The standard InChI is InChI=1S/C69H118O6/c1-4-7-10-13-16-18-20-22-24-26-28-30-31-32-33-34-35-36-37-38-39-40-42-43-45-47-49-51-53-56-59-62-68(71)74-65-66(64-73-67(70)61-58-55-15-12-9-6-3)75-69(72)63-60-57-54-52-50-48-46-44-41-29-27-25-23-21-19-17-14-11-8-5-2/h7,10,16,18,22,24,28,30,32-33,35-36,38-39,42-43,66H,4-6,8-9,11-15,17,19-21,23,25-27,29,31,34,37,40-41,44-65H2,1-3H3/b10-7-,18-16-,24-22-,30-28-,33-32-,36-35-,39-38-,43-42-. The number of hydrogen-bond donors (Lipinski definition) is 0. The van der Waals surface area contributed by atoms with Gasteiger partial charge in [-0.25, -0.2) is 0 Å². The average molecular weight is 1040 g/mol. The summed E-state index contributed by atoms with van der Waals surface area (Å²) in [5, 5.41) is 0. The SMILES string of the molecule is CC/C=C\C/C=C\C/C=C\C/C=C\C/C=C\C/C=C\C/C=C\C/C=C\CCCCCCCCC(=O)OCC(COC(=O)CCCCCCCC)OC(=O)CCCCCCCCCCCCCCCCCCCCCC. The fourth-order valence-electron chi connectivity index (χ4n) is 8.87. The van der Waals surface area contributed by atoms with Crippen LogP contribution in [0.2, 0.25) is 0 Å². The molecule has 75 heavy (non-hydrogen) atoms. The number of allylic oxidation sites excluding steroid dienone is 16. The van der Waals surface area contributed by atoms with Crippen molar-refractivity contribution >= 4 is 17.9 Å². The lowest BCUT2D eigenvalue weighted by Crippen LogP contribution is -2.30. The molecule has 1 unspecified atom stereocenters. The summed E-state index contributed by atoms with van der Waals surface area (Å²) in [7, 11) is 0. The van der Waals surface area contributed by atoms with Gasteiger partial charge in [0.25, 0.3) is 0 Å². The van der Waals surface area contributed by atoms with Gasteiger partial charge in [0, 0.05) is 19.3 Å². The van der Waals surface area contributed by atoms with Crippen molar-refractivity contribution in [2.75, 3.05) is 13.2 Å². The van der Waals surface area contributed by atoms with E-state index in [-0.39, 0.29) is 31.1 Å². The molecule has 0 aliphatic carbocycles. The van der Waals surface area contributed by atoms with Crippen molar-refractivity contribution in [2.24, 2.45) is 0 Å². The molecular weight excluding hydrogens is 925 g/mol. The molecule has 6 heteroatoms. The van der Waals surface area contributed by atoms with E-state index in [0.717, 1.165) is 122 Å². The van der Waals surface area contributed by atoms with E-state index < -0.39 is 6.10 Å². The number of carbonyl (C=O) groups excluding carboxylic acids is 3. The number of carbonyl (C=O) groups is 3. The minimum Gasteiger partial charge on any atom is -0.462 e. The average Bonchev–Trinajstić information content (AvgIpc) is 3.41. The summed E-state index contributed by atoms with van der Waals surface area (Å²) in [4.78, 5) is 38.0. The van der Waals surface area contributed by atoms with Gasteiger partial charge in [-0.15, -0.1) is 0 Å². The molecule has 0 aromatic heterocycles. The Morgan fingerprint density at radius 3 is 0.813 bits per heavy atom. The maximum Gasteiger partial charge on any atom is 0.306 e. The number of ether oxygens (including phenoxy) is 3. The lowest BCUT2D eigenvalue weighted by atomic mass is 10.0. The summed E-state index contributed by atoms with van der Waals surface area (Å²) in [5.74, 6) is -0.894. The first kappa shape index (κ1) is 71.3. The van der Waals surface area contributed by atoms with Crippen LogP contribution in [-0.4, -0.2) is 37.2 Å². The van der Waals surface area contributed by atoms with Crippen LogP contribution in [0.3, 0.4) is 0 Å². The zero-order valence-electron chi connectivity index (χ0n) is 49.3. The van der Waals surface area contributed by atoms with E-state index in [0.29, 0.717) is 19.3 Å². The number of rotatable bonds is 57. The molecule has 0 spiro atoms. The molecule has 6 nitrogen and oxygen atoms in total. The van der Waals surface area contributed by atoms with Crippen LogP contribution in [0.15, 0.2) is 97.2 Å². The van der Waals surface area contributed by atoms with Gasteiger partial charge in [0.2, 0.25) is 0 Å². The molecule has 0 radical (unpaired) electrons. The minimum atomic E-state index is -0.779. The second kappa shape index (κ2) is 62.9. The van der Waals surface area contributed by atoms with Gasteiger partial charge in [0.15, 0.2) is 6.10 Å². The Labute approximate surface area is 464 Å². The van der Waals surface area contributed by atoms with Crippen molar-refractivity contribution < 1.29 is 28.6 Å². The molecule has 0 rings (SSSR count). The Bertz CT molecular complexity index is 1480. The summed E-state index contributed by atoms with van der Waals surface area (Å²) >= 11 is 0. The molecular formula is C69H118O6. The molecule has 0 amide bonds. The van der Waals surface area contributed by atoms with Gasteiger partial charge in [-0.2, -0.15) is 0 Å². The number of esters is 3. The van der Waals surface area contributed by atoms with E-state index in [2.05, 4.69) is 118 Å². The summed E-state index contributed by atoms with van der Waals surface area (Å²) in [6.07, 6.45) is 84.5. The van der Waals surface area contributed by atoms with E-state index in [4.69, 9.17) is 14.2 Å². The van der Waals surface area contributed by atoms with Gasteiger partial charge >= 0.3 is 17.9 Å². The molecule has 0 saturated heterocycles. The normalized spacial score (nSPS) is 12.7. The zero-order chi connectivity index (χ0) is 54.3. The third kappa shape index (κ3) is 61.1. The first-order chi connectivity index (χ1) is 37.0. The maximum absolute atomic E-state index is 12.8. The fourth-order valence-corrected chi connectivity index (χ4v) is 8.87. The highest BCUT2D eigenvalue weighted by atomic mass is 16.6. The molecule has 0 aliphatic heterocycles. The molecule has 1 atom stereocenters. The monoisotopic (exact) mass is 1040 g/mol. The lowest BCUT2D eigenvalue weighted by molar-refractivity contribution is -0.167. The van der Waals surface area contributed by atoms with Crippen LogP contribution in [0, 0.1) is 0 Å². The topological polar surface area (TPSA) is 78.9 Å². The second-order valence-corrected chi connectivity index (χ2v) is 21.0. The zero-order valence-corrected chi connectivity index (χ0v) is 49.3. The highest BCUT2D eigenvalue weighted by Crippen LogP contribution is 2.17. The molecule has 0 fully saturated rings. The van der Waals surface area contributed by atoms with Crippen LogP contribution in [0.4, 0.5) is 0 Å². The van der Waals surface area contributed by atoms with E-state index >= 15 is 0 Å². The fraction of sp³-hybridized carbons (Fsp3) is 0.725. The summed E-state index contributed by atoms with van der Waals surface area (Å²) in [5.41, 5.74) is 0. The second-order valence-electron chi connectivity index (χ2n) is 21.0. The first-order valence-electron chi connectivity index (χ1n) is 31.7. The van der Waals surface area contributed by atoms with Gasteiger partial charge in [0.05, 0.1) is 0 Å². The van der Waals surface area contributed by atoms with Crippen molar-refractivity contribution in [3.05, 3.63) is 97.2 Å². The van der Waals surface area contributed by atoms with Crippen molar-refractivity contribution in [2.45, 2.75) is 309 Å². The van der Waals surface area contributed by atoms with E-state index in [1.807, 2.05) is 0 Å². The van der Waals surface area contributed by atoms with E-state index in [1.165, 1.54) is 141 Å². The molecule has 430 valence electrons. The van der Waals surface area contributed by atoms with E-state index in [9.17, 15) is 14.4 Å². The highest BCUT2D eigenvalue weighted by molar-refractivity contribution is 5.71. The van der Waals surface area contributed by atoms with Crippen molar-refractivity contribution in [1.29, 1.82) is 0 Å². The Balaban J connectivity index is 4.13. The van der Waals surface area contributed by atoms with Gasteiger partial charge in [-0.05, 0) is 83.5 Å². The van der Waals surface area contributed by atoms with Gasteiger partial charge in [-0.1, -0.05) is 298 Å². The van der Waals surface area contributed by atoms with Gasteiger partial charge < -0.3 is 14.2 Å². The Hall–Kier alpha value is -3.67. The van der Waals surface area contributed by atoms with E-state index in [1.54, 1.807) is 0 Å².